The Kier molecular flexibility index (Phi) is 4.61. The van der Waals surface area contributed by atoms with Crippen LogP contribution in [0.3, 0.4) is 0 Å². The molecule has 1 amide bonds. The normalized spacial score (nSPS) is 17.8. The van der Waals surface area contributed by atoms with Gasteiger partial charge in [0, 0.05) is 36.8 Å². The molecule has 0 bridgehead atoms. The van der Waals surface area contributed by atoms with Crippen LogP contribution in [0.4, 0.5) is 11.4 Å². The number of rotatable bonds is 5. The van der Waals surface area contributed by atoms with Crippen molar-refractivity contribution in [3.63, 3.8) is 0 Å². The number of carbonyl (C=O) groups is 1. The molecule has 1 aromatic heterocycles. The van der Waals surface area contributed by atoms with Gasteiger partial charge in [-0.25, -0.2) is 0 Å². The molecule has 2 heterocycles. The van der Waals surface area contributed by atoms with Crippen LogP contribution in [0.25, 0.3) is 0 Å². The lowest BCUT2D eigenvalue weighted by Gasteiger charge is -2.26. The fourth-order valence-corrected chi connectivity index (χ4v) is 3.14. The molecular weight excluding hydrogens is 308 g/mol. The molecule has 0 saturated carbocycles. The molecular formula is C17H20N4O3. The number of nitrogens with zero attached hydrogens (tertiary/aromatic N) is 3. The van der Waals surface area contributed by atoms with E-state index in [1.807, 2.05) is 18.3 Å². The van der Waals surface area contributed by atoms with E-state index in [1.54, 1.807) is 24.1 Å². The van der Waals surface area contributed by atoms with Crippen molar-refractivity contribution in [1.29, 1.82) is 0 Å². The summed E-state index contributed by atoms with van der Waals surface area (Å²) in [6, 6.07) is 10.3. The van der Waals surface area contributed by atoms with Gasteiger partial charge < -0.3 is 9.88 Å². The fraction of sp³-hybridized carbons (Fsp3) is 0.353. The van der Waals surface area contributed by atoms with Gasteiger partial charge in [-0.05, 0) is 43.7 Å². The van der Waals surface area contributed by atoms with Crippen molar-refractivity contribution in [2.24, 2.45) is 0 Å². The number of aromatic amines is 1. The van der Waals surface area contributed by atoms with E-state index in [0.29, 0.717) is 12.2 Å². The van der Waals surface area contributed by atoms with E-state index in [-0.39, 0.29) is 17.6 Å². The first-order valence-electron chi connectivity index (χ1n) is 7.94. The first kappa shape index (κ1) is 16.2. The molecule has 7 nitrogen and oxygen atoms in total. The summed E-state index contributed by atoms with van der Waals surface area (Å²) in [5, 5.41) is 10.7. The maximum Gasteiger partial charge on any atom is 0.269 e. The Morgan fingerprint density at radius 3 is 2.75 bits per heavy atom. The van der Waals surface area contributed by atoms with Crippen LogP contribution in [0.1, 0.15) is 24.6 Å². The zero-order valence-electron chi connectivity index (χ0n) is 13.5. The monoisotopic (exact) mass is 328 g/mol. The van der Waals surface area contributed by atoms with Crippen LogP contribution in [-0.2, 0) is 4.79 Å². The van der Waals surface area contributed by atoms with Crippen molar-refractivity contribution >= 4 is 17.3 Å². The molecule has 3 rings (SSSR count). The van der Waals surface area contributed by atoms with Crippen LogP contribution in [0.5, 0.6) is 0 Å². The quantitative estimate of drug-likeness (QED) is 0.676. The van der Waals surface area contributed by atoms with Gasteiger partial charge in [-0.1, -0.05) is 0 Å². The number of aromatic nitrogens is 1. The van der Waals surface area contributed by atoms with Gasteiger partial charge in [0.2, 0.25) is 5.91 Å². The standard InChI is InChI=1S/C17H20N4O3/c1-19(13-6-8-14(9-7-13)21(23)24)17(22)12-20-11-3-5-16(20)15-4-2-10-18-15/h2,4,6-10,16,18H,3,5,11-12H2,1H3/t16-/m1/s1. The maximum absolute atomic E-state index is 12.6. The van der Waals surface area contributed by atoms with Crippen molar-refractivity contribution in [3.05, 3.63) is 58.4 Å². The molecule has 0 radical (unpaired) electrons. The van der Waals surface area contributed by atoms with Gasteiger partial charge >= 0.3 is 0 Å². The summed E-state index contributed by atoms with van der Waals surface area (Å²) < 4.78 is 0. The molecule has 1 saturated heterocycles. The summed E-state index contributed by atoms with van der Waals surface area (Å²) in [6.07, 6.45) is 4.00. The molecule has 1 N–H and O–H groups in total. The smallest absolute Gasteiger partial charge is 0.269 e. The molecule has 0 aliphatic carbocycles. The molecule has 0 spiro atoms. The number of likely N-dealkylation sites (N-methyl/N-ethyl adjacent to an activating group) is 1. The van der Waals surface area contributed by atoms with Crippen molar-refractivity contribution < 1.29 is 9.72 Å². The Balaban J connectivity index is 1.66. The topological polar surface area (TPSA) is 82.5 Å². The molecule has 1 atom stereocenters. The van der Waals surface area contributed by atoms with Gasteiger partial charge in [0.05, 0.1) is 17.5 Å². The van der Waals surface area contributed by atoms with Crippen LogP contribution in [-0.4, -0.2) is 40.9 Å². The first-order chi connectivity index (χ1) is 11.6. The molecule has 1 aliphatic rings. The Labute approximate surface area is 140 Å². The van der Waals surface area contributed by atoms with Crippen molar-refractivity contribution in [2.75, 3.05) is 25.0 Å². The van der Waals surface area contributed by atoms with Gasteiger partial charge in [-0.15, -0.1) is 0 Å². The van der Waals surface area contributed by atoms with Crippen LogP contribution in [0, 0.1) is 10.1 Å². The van der Waals surface area contributed by atoms with Gasteiger partial charge in [0.25, 0.3) is 5.69 Å². The van der Waals surface area contributed by atoms with Crippen LogP contribution in [0.2, 0.25) is 0 Å². The van der Waals surface area contributed by atoms with Crippen molar-refractivity contribution in [1.82, 2.24) is 9.88 Å². The summed E-state index contributed by atoms with van der Waals surface area (Å²) in [4.78, 5) is 29.8. The summed E-state index contributed by atoms with van der Waals surface area (Å²) in [6.45, 7) is 1.22. The molecule has 126 valence electrons. The van der Waals surface area contributed by atoms with E-state index < -0.39 is 4.92 Å². The van der Waals surface area contributed by atoms with Gasteiger partial charge in [-0.2, -0.15) is 0 Å². The van der Waals surface area contributed by atoms with Crippen molar-refractivity contribution in [2.45, 2.75) is 18.9 Å². The Hall–Kier alpha value is -2.67. The number of carbonyl (C=O) groups excluding carboxylic acids is 1. The van der Waals surface area contributed by atoms with Crippen LogP contribution >= 0.6 is 0 Å². The Bertz CT molecular complexity index is 712. The third-order valence-corrected chi connectivity index (χ3v) is 4.50. The van der Waals surface area contributed by atoms with Gasteiger partial charge in [0.15, 0.2) is 0 Å². The number of H-pyrrole nitrogens is 1. The molecule has 2 aromatic rings. The number of hydrogen-bond acceptors (Lipinski definition) is 4. The first-order valence-corrected chi connectivity index (χ1v) is 7.94. The number of non-ortho nitro benzene ring substituents is 1. The third kappa shape index (κ3) is 3.30. The molecule has 1 aromatic carbocycles. The van der Waals surface area contributed by atoms with E-state index in [0.717, 1.165) is 25.1 Å². The van der Waals surface area contributed by atoms with Gasteiger partial charge in [-0.3, -0.25) is 19.8 Å². The SMILES string of the molecule is CN(C(=O)CN1CCC[C@@H]1c1ccc[nH]1)c1ccc([N+](=O)[O-])cc1. The number of hydrogen-bond donors (Lipinski definition) is 1. The van der Waals surface area contributed by atoms with Crippen LogP contribution < -0.4 is 4.90 Å². The van der Waals surface area contributed by atoms with E-state index in [4.69, 9.17) is 0 Å². The second-order valence-electron chi connectivity index (χ2n) is 5.98. The van der Waals surface area contributed by atoms with Crippen LogP contribution in [0.15, 0.2) is 42.6 Å². The zero-order chi connectivity index (χ0) is 17.1. The highest BCUT2D eigenvalue weighted by atomic mass is 16.6. The maximum atomic E-state index is 12.6. The Morgan fingerprint density at radius 2 is 2.12 bits per heavy atom. The van der Waals surface area contributed by atoms with E-state index in [1.165, 1.54) is 12.1 Å². The van der Waals surface area contributed by atoms with E-state index >= 15 is 0 Å². The minimum absolute atomic E-state index is 0.0194. The zero-order valence-corrected chi connectivity index (χ0v) is 13.5. The molecule has 7 heteroatoms. The summed E-state index contributed by atoms with van der Waals surface area (Å²) >= 11 is 0. The number of nitro groups is 1. The largest absolute Gasteiger partial charge is 0.364 e. The van der Waals surface area contributed by atoms with Crippen molar-refractivity contribution in [3.8, 4) is 0 Å². The predicted molar refractivity (Wildman–Crippen MR) is 90.8 cm³/mol. The molecule has 1 aliphatic heterocycles. The summed E-state index contributed by atoms with van der Waals surface area (Å²) in [5.41, 5.74) is 1.81. The number of anilines is 1. The highest BCUT2D eigenvalue weighted by Gasteiger charge is 2.29. The summed E-state index contributed by atoms with van der Waals surface area (Å²) in [7, 11) is 1.70. The predicted octanol–water partition coefficient (Wildman–Crippen LogP) is 2.72. The highest BCUT2D eigenvalue weighted by molar-refractivity contribution is 5.94. The number of nitrogens with one attached hydrogen (secondary N) is 1. The molecule has 1 fully saturated rings. The lowest BCUT2D eigenvalue weighted by molar-refractivity contribution is -0.384. The summed E-state index contributed by atoms with van der Waals surface area (Å²) in [5.74, 6) is -0.0256. The van der Waals surface area contributed by atoms with E-state index in [9.17, 15) is 14.9 Å². The minimum Gasteiger partial charge on any atom is -0.364 e. The number of benzene rings is 1. The second kappa shape index (κ2) is 6.84. The highest BCUT2D eigenvalue weighted by Crippen LogP contribution is 2.30. The number of likely N-dealkylation sites (tertiary alicyclic amines) is 1. The number of amides is 1. The average molecular weight is 328 g/mol. The third-order valence-electron chi connectivity index (χ3n) is 4.50. The second-order valence-corrected chi connectivity index (χ2v) is 5.98. The van der Waals surface area contributed by atoms with E-state index in [2.05, 4.69) is 9.88 Å². The minimum atomic E-state index is -0.448. The molecule has 24 heavy (non-hydrogen) atoms. The Morgan fingerprint density at radius 1 is 1.38 bits per heavy atom. The van der Waals surface area contributed by atoms with Gasteiger partial charge in [0.1, 0.15) is 0 Å². The fourth-order valence-electron chi connectivity index (χ4n) is 3.14. The lowest BCUT2D eigenvalue weighted by Crippen LogP contribution is -2.38. The average Bonchev–Trinajstić information content (AvgIpc) is 3.25. The number of nitro benzene ring substituents is 1. The lowest BCUT2D eigenvalue weighted by atomic mass is 10.1. The molecule has 0 unspecified atom stereocenters.